The molecule has 1 saturated heterocycles. The smallest absolute Gasteiger partial charge is 0.225 e. The van der Waals surface area contributed by atoms with Crippen molar-refractivity contribution in [2.45, 2.75) is 65.7 Å². The zero-order valence-corrected chi connectivity index (χ0v) is 16.4. The first-order chi connectivity index (χ1) is 10.8. The average Bonchev–Trinajstić information content (AvgIpc) is 2.51. The summed E-state index contributed by atoms with van der Waals surface area (Å²) in [7, 11) is 0. The predicted molar refractivity (Wildman–Crippen MR) is 101 cm³/mol. The summed E-state index contributed by atoms with van der Waals surface area (Å²) < 4.78 is 0. The Morgan fingerprint density at radius 2 is 1.83 bits per heavy atom. The van der Waals surface area contributed by atoms with Crippen LogP contribution in [0.25, 0.3) is 0 Å². The van der Waals surface area contributed by atoms with E-state index in [2.05, 4.69) is 5.32 Å². The summed E-state index contributed by atoms with van der Waals surface area (Å²) in [5, 5.41) is 3.03. The topological polar surface area (TPSA) is 75.4 Å². The summed E-state index contributed by atoms with van der Waals surface area (Å²) in [6, 6.07) is 0. The Morgan fingerprint density at radius 1 is 1.17 bits per heavy atom. The van der Waals surface area contributed by atoms with Gasteiger partial charge in [0.2, 0.25) is 11.8 Å². The monoisotopic (exact) mass is 361 g/mol. The van der Waals surface area contributed by atoms with E-state index in [-0.39, 0.29) is 29.6 Å². The third-order valence-electron chi connectivity index (χ3n) is 4.45. The maximum absolute atomic E-state index is 12.3. The molecule has 1 rings (SSSR count). The summed E-state index contributed by atoms with van der Waals surface area (Å²) in [4.78, 5) is 26.2. The van der Waals surface area contributed by atoms with E-state index >= 15 is 0 Å². The van der Waals surface area contributed by atoms with Gasteiger partial charge < -0.3 is 16.0 Å². The lowest BCUT2D eigenvalue weighted by molar-refractivity contribution is -0.133. The molecule has 0 radical (unpaired) electrons. The third-order valence-corrected chi connectivity index (χ3v) is 4.45. The number of amides is 2. The highest BCUT2D eigenvalue weighted by Crippen LogP contribution is 2.19. The van der Waals surface area contributed by atoms with Gasteiger partial charge in [-0.3, -0.25) is 9.59 Å². The molecule has 24 heavy (non-hydrogen) atoms. The van der Waals surface area contributed by atoms with Crippen LogP contribution >= 0.6 is 12.4 Å². The number of hydrogen-bond acceptors (Lipinski definition) is 3. The van der Waals surface area contributed by atoms with Crippen molar-refractivity contribution in [3.63, 3.8) is 0 Å². The number of carbonyl (C=O) groups excluding carboxylic acids is 2. The number of hydrogen-bond donors (Lipinski definition) is 2. The Bertz CT molecular complexity index is 383. The lowest BCUT2D eigenvalue weighted by Crippen LogP contribution is -2.45. The van der Waals surface area contributed by atoms with Gasteiger partial charge in [0.05, 0.1) is 0 Å². The van der Waals surface area contributed by atoms with Crippen LogP contribution in [0.1, 0.15) is 65.7 Å². The van der Waals surface area contributed by atoms with Crippen LogP contribution in [0.3, 0.4) is 0 Å². The number of nitrogens with zero attached hydrogens (tertiary/aromatic N) is 1. The molecular weight excluding hydrogens is 326 g/mol. The Hall–Kier alpha value is -0.810. The second-order valence-corrected chi connectivity index (χ2v) is 7.76. The highest BCUT2D eigenvalue weighted by molar-refractivity contribution is 5.85. The Balaban J connectivity index is 0.00000529. The van der Waals surface area contributed by atoms with Crippen LogP contribution in [-0.4, -0.2) is 42.9 Å². The van der Waals surface area contributed by atoms with Crippen molar-refractivity contribution in [2.24, 2.45) is 17.1 Å². The molecule has 1 aliphatic rings. The number of likely N-dealkylation sites (tertiary alicyclic amines) is 1. The summed E-state index contributed by atoms with van der Waals surface area (Å²) in [5.41, 5.74) is 5.12. The maximum atomic E-state index is 12.3. The zero-order valence-electron chi connectivity index (χ0n) is 15.6. The minimum absolute atomic E-state index is 0. The molecular formula is C18H36ClN3O2. The first-order valence-corrected chi connectivity index (χ1v) is 9.10. The first kappa shape index (κ1) is 23.2. The van der Waals surface area contributed by atoms with Gasteiger partial charge in [0.25, 0.3) is 0 Å². The molecule has 1 fully saturated rings. The van der Waals surface area contributed by atoms with E-state index < -0.39 is 0 Å². The van der Waals surface area contributed by atoms with Gasteiger partial charge in [-0.05, 0) is 38.1 Å². The Morgan fingerprint density at radius 3 is 2.46 bits per heavy atom. The zero-order chi connectivity index (χ0) is 17.3. The van der Waals surface area contributed by atoms with Gasteiger partial charge in [0.1, 0.15) is 0 Å². The summed E-state index contributed by atoms with van der Waals surface area (Å²) >= 11 is 0. The number of rotatable bonds is 8. The summed E-state index contributed by atoms with van der Waals surface area (Å²) in [5.74, 6) is 0.738. The summed E-state index contributed by atoms with van der Waals surface area (Å²) in [6.07, 6.45) is 6.98. The van der Waals surface area contributed by atoms with Gasteiger partial charge in [0.15, 0.2) is 0 Å². The van der Waals surface area contributed by atoms with Gasteiger partial charge in [-0.15, -0.1) is 12.4 Å². The first-order valence-electron chi connectivity index (χ1n) is 9.10. The third kappa shape index (κ3) is 8.88. The number of unbranched alkanes of at least 4 members (excludes halogenated alkanes) is 3. The minimum atomic E-state index is -0.353. The molecule has 1 heterocycles. The predicted octanol–water partition coefficient (Wildman–Crippen LogP) is 2.72. The van der Waals surface area contributed by atoms with Crippen molar-refractivity contribution >= 4 is 24.2 Å². The maximum Gasteiger partial charge on any atom is 0.225 e. The van der Waals surface area contributed by atoms with Crippen molar-refractivity contribution in [1.29, 1.82) is 0 Å². The molecule has 0 bridgehead atoms. The molecule has 0 aromatic rings. The fourth-order valence-corrected chi connectivity index (χ4v) is 2.89. The van der Waals surface area contributed by atoms with Crippen molar-refractivity contribution in [2.75, 3.05) is 26.2 Å². The van der Waals surface area contributed by atoms with Crippen molar-refractivity contribution in [3.8, 4) is 0 Å². The summed E-state index contributed by atoms with van der Waals surface area (Å²) in [6.45, 7) is 8.83. The molecule has 6 heteroatoms. The van der Waals surface area contributed by atoms with Gasteiger partial charge in [-0.25, -0.2) is 0 Å². The number of nitrogens with two attached hydrogens (primary N) is 1. The molecule has 1 aliphatic heterocycles. The van der Waals surface area contributed by atoms with Gasteiger partial charge in [-0.2, -0.15) is 0 Å². The molecule has 2 amide bonds. The van der Waals surface area contributed by atoms with Crippen molar-refractivity contribution < 1.29 is 9.59 Å². The normalized spacial score (nSPS) is 18.0. The van der Waals surface area contributed by atoms with Crippen LogP contribution in [0.15, 0.2) is 0 Å². The minimum Gasteiger partial charge on any atom is -0.355 e. The van der Waals surface area contributed by atoms with Gasteiger partial charge in [0, 0.05) is 31.5 Å². The van der Waals surface area contributed by atoms with E-state index in [1.807, 2.05) is 25.7 Å². The van der Waals surface area contributed by atoms with Crippen LogP contribution in [-0.2, 0) is 9.59 Å². The number of piperidine rings is 1. The lowest BCUT2D eigenvalue weighted by Gasteiger charge is -2.33. The van der Waals surface area contributed by atoms with Crippen LogP contribution in [0, 0.1) is 11.3 Å². The van der Waals surface area contributed by atoms with E-state index in [0.717, 1.165) is 58.2 Å². The van der Waals surface area contributed by atoms with Crippen molar-refractivity contribution in [3.05, 3.63) is 0 Å². The molecule has 1 unspecified atom stereocenters. The van der Waals surface area contributed by atoms with E-state index in [1.54, 1.807) is 0 Å². The van der Waals surface area contributed by atoms with Gasteiger partial charge in [-0.1, -0.05) is 33.6 Å². The molecule has 3 N–H and O–H groups in total. The largest absolute Gasteiger partial charge is 0.355 e. The quantitative estimate of drug-likeness (QED) is 0.652. The second-order valence-electron chi connectivity index (χ2n) is 7.76. The average molecular weight is 362 g/mol. The van der Waals surface area contributed by atoms with Crippen LogP contribution < -0.4 is 11.1 Å². The molecule has 0 spiro atoms. The number of halogens is 1. The number of carbonyl (C=O) groups is 2. The van der Waals surface area contributed by atoms with E-state index in [1.165, 1.54) is 0 Å². The Labute approximate surface area is 153 Å². The van der Waals surface area contributed by atoms with Gasteiger partial charge >= 0.3 is 0 Å². The number of nitrogens with one attached hydrogen (secondary N) is 1. The Kier molecular flexibility index (Phi) is 11.3. The van der Waals surface area contributed by atoms with Crippen LogP contribution in [0.2, 0.25) is 0 Å². The highest BCUT2D eigenvalue weighted by atomic mass is 35.5. The molecule has 0 saturated carbocycles. The van der Waals surface area contributed by atoms with Crippen LogP contribution in [0.4, 0.5) is 0 Å². The van der Waals surface area contributed by atoms with E-state index in [9.17, 15) is 9.59 Å². The lowest BCUT2D eigenvalue weighted by atomic mass is 9.94. The molecule has 0 aromatic carbocycles. The fraction of sp³-hybridized carbons (Fsp3) is 0.889. The molecule has 5 nitrogen and oxygen atoms in total. The molecule has 142 valence electrons. The van der Waals surface area contributed by atoms with Crippen LogP contribution in [0.5, 0.6) is 0 Å². The molecule has 0 aliphatic carbocycles. The second kappa shape index (κ2) is 11.7. The van der Waals surface area contributed by atoms with E-state index in [0.29, 0.717) is 18.9 Å². The molecule has 0 aromatic heterocycles. The SMILES string of the molecule is CC(C)(C)C(=O)NCC1CCCN(C(=O)CCCCCCN)C1.Cl. The molecule has 1 atom stereocenters. The highest BCUT2D eigenvalue weighted by Gasteiger charge is 2.26. The fourth-order valence-electron chi connectivity index (χ4n) is 2.89. The van der Waals surface area contributed by atoms with E-state index in [4.69, 9.17) is 5.73 Å². The van der Waals surface area contributed by atoms with Crippen molar-refractivity contribution in [1.82, 2.24) is 10.2 Å². The standard InChI is InChI=1S/C18H35N3O2.ClH/c1-18(2,3)17(23)20-13-15-9-8-12-21(14-15)16(22)10-6-4-5-7-11-19;/h15H,4-14,19H2,1-3H3,(H,20,23);1H.